The van der Waals surface area contributed by atoms with E-state index in [2.05, 4.69) is 6.92 Å². The van der Waals surface area contributed by atoms with Gasteiger partial charge in [-0.2, -0.15) is 0 Å². The Morgan fingerprint density at radius 2 is 1.71 bits per heavy atom. The van der Waals surface area contributed by atoms with Gasteiger partial charge in [-0.1, -0.05) is 26.2 Å². The molecule has 0 saturated carbocycles. The molecule has 0 spiro atoms. The monoisotopic (exact) mass is 262 g/mol. The first-order valence-corrected chi connectivity index (χ1v) is 8.76. The largest absolute Gasteiger partial charge is 0.502 e. The quantitative estimate of drug-likeness (QED) is 0.326. The molecule has 1 heterocycles. The van der Waals surface area contributed by atoms with Crippen molar-refractivity contribution < 1.29 is 18.0 Å². The summed E-state index contributed by atoms with van der Waals surface area (Å²) in [7, 11) is -2.47. The van der Waals surface area contributed by atoms with Crippen LogP contribution in [0.4, 0.5) is 0 Å². The molecule has 1 aliphatic heterocycles. The molecule has 0 aromatic heterocycles. The maximum absolute atomic E-state index is 5.88. The molecule has 1 fully saturated rings. The fraction of sp³-hybridized carbons (Fsp3) is 1.00. The average molecular weight is 262 g/mol. The molecule has 5 heteroatoms. The van der Waals surface area contributed by atoms with Crippen molar-refractivity contribution in [2.75, 3.05) is 19.8 Å². The van der Waals surface area contributed by atoms with Crippen molar-refractivity contribution in [2.24, 2.45) is 0 Å². The lowest BCUT2D eigenvalue weighted by Crippen LogP contribution is -2.46. The van der Waals surface area contributed by atoms with Crippen LogP contribution in [0.2, 0.25) is 6.04 Å². The molecule has 4 nitrogen and oxygen atoms in total. The summed E-state index contributed by atoms with van der Waals surface area (Å²) in [5.41, 5.74) is 0. The van der Waals surface area contributed by atoms with E-state index in [1.165, 1.54) is 19.3 Å². The van der Waals surface area contributed by atoms with E-state index in [-0.39, 0.29) is 6.29 Å². The van der Waals surface area contributed by atoms with Crippen LogP contribution in [0, 0.1) is 0 Å². The normalized spacial score (nSPS) is 19.6. The number of hydrogen-bond acceptors (Lipinski definition) is 4. The van der Waals surface area contributed by atoms with E-state index in [0.717, 1.165) is 12.5 Å². The first-order chi connectivity index (χ1) is 8.26. The van der Waals surface area contributed by atoms with Gasteiger partial charge in [-0.15, -0.1) is 0 Å². The highest BCUT2D eigenvalue weighted by molar-refractivity contribution is 6.60. The smallest absolute Gasteiger partial charge is 0.374 e. The molecule has 0 radical (unpaired) electrons. The van der Waals surface area contributed by atoms with Crippen LogP contribution in [0.5, 0.6) is 0 Å². The molecule has 17 heavy (non-hydrogen) atoms. The molecule has 1 saturated heterocycles. The lowest BCUT2D eigenvalue weighted by molar-refractivity contribution is 0.0308. The molecule has 0 aromatic rings. The highest BCUT2D eigenvalue weighted by Crippen LogP contribution is 2.25. The highest BCUT2D eigenvalue weighted by atomic mass is 28.4. The van der Waals surface area contributed by atoms with Gasteiger partial charge in [-0.05, 0) is 20.3 Å². The number of hydrogen-bond donors (Lipinski definition) is 0. The molecule has 0 bridgehead atoms. The van der Waals surface area contributed by atoms with Crippen molar-refractivity contribution in [3.8, 4) is 0 Å². The molecule has 1 atom stereocenters. The van der Waals surface area contributed by atoms with Crippen molar-refractivity contribution >= 4 is 8.80 Å². The van der Waals surface area contributed by atoms with Gasteiger partial charge >= 0.3 is 8.80 Å². The Bertz CT molecular complexity index is 191. The van der Waals surface area contributed by atoms with Crippen molar-refractivity contribution in [3.05, 3.63) is 0 Å². The summed E-state index contributed by atoms with van der Waals surface area (Å²) in [5, 5.41) is 0. The Kier molecular flexibility index (Phi) is 7.30. The van der Waals surface area contributed by atoms with Crippen LogP contribution in [0.25, 0.3) is 0 Å². The van der Waals surface area contributed by atoms with E-state index >= 15 is 0 Å². The number of rotatable bonds is 11. The predicted molar refractivity (Wildman–Crippen MR) is 68.8 cm³/mol. The van der Waals surface area contributed by atoms with E-state index < -0.39 is 8.80 Å². The van der Waals surface area contributed by atoms with E-state index in [0.29, 0.717) is 19.8 Å². The van der Waals surface area contributed by atoms with Crippen LogP contribution in [-0.4, -0.2) is 34.9 Å². The van der Waals surface area contributed by atoms with Crippen LogP contribution >= 0.6 is 0 Å². The summed E-state index contributed by atoms with van der Waals surface area (Å²) >= 11 is 0. The Balaban J connectivity index is 2.40. The molecule has 1 aliphatic rings. The van der Waals surface area contributed by atoms with Crippen molar-refractivity contribution in [1.82, 2.24) is 0 Å². The molecule has 1 unspecified atom stereocenters. The molecule has 0 aliphatic carbocycles. The highest BCUT2D eigenvalue weighted by Gasteiger charge is 2.45. The third kappa shape index (κ3) is 5.97. The zero-order valence-corrected chi connectivity index (χ0v) is 12.4. The minimum absolute atomic E-state index is 0.0778. The molecular weight excluding hydrogens is 236 g/mol. The summed E-state index contributed by atoms with van der Waals surface area (Å²) in [6.45, 7) is 8.17. The third-order valence-corrected chi connectivity index (χ3v) is 5.72. The molecular formula is C12H26O4Si. The van der Waals surface area contributed by atoms with Crippen LogP contribution < -0.4 is 0 Å². The SMILES string of the molecule is CCCCCC[Si](OCC)(OCC)OC1CO1. The Morgan fingerprint density at radius 1 is 1.06 bits per heavy atom. The lowest BCUT2D eigenvalue weighted by Gasteiger charge is -2.28. The minimum atomic E-state index is -2.47. The van der Waals surface area contributed by atoms with Gasteiger partial charge in [-0.25, -0.2) is 0 Å². The third-order valence-electron chi connectivity index (χ3n) is 2.68. The summed E-state index contributed by atoms with van der Waals surface area (Å²) in [6.07, 6.45) is 4.77. The molecule has 0 N–H and O–H groups in total. The number of ether oxygens (including phenoxy) is 1. The van der Waals surface area contributed by atoms with Gasteiger partial charge in [-0.3, -0.25) is 0 Å². The van der Waals surface area contributed by atoms with Crippen LogP contribution in [0.3, 0.4) is 0 Å². The Morgan fingerprint density at radius 3 is 2.18 bits per heavy atom. The second kappa shape index (κ2) is 8.21. The fourth-order valence-electron chi connectivity index (χ4n) is 1.83. The van der Waals surface area contributed by atoms with E-state index in [1.807, 2.05) is 13.8 Å². The predicted octanol–water partition coefficient (Wildman–Crippen LogP) is 2.95. The number of epoxide rings is 1. The fourth-order valence-corrected chi connectivity index (χ4v) is 4.55. The number of unbranched alkanes of at least 4 members (excludes halogenated alkanes) is 3. The van der Waals surface area contributed by atoms with Crippen molar-refractivity contribution in [3.63, 3.8) is 0 Å². The van der Waals surface area contributed by atoms with Crippen LogP contribution in [0.1, 0.15) is 46.5 Å². The zero-order chi connectivity index (χ0) is 12.6. The van der Waals surface area contributed by atoms with Gasteiger partial charge < -0.3 is 18.0 Å². The topological polar surface area (TPSA) is 40.2 Å². The second-order valence-electron chi connectivity index (χ2n) is 4.24. The lowest BCUT2D eigenvalue weighted by atomic mass is 10.2. The maximum atomic E-state index is 5.88. The Labute approximate surface area is 106 Å². The summed E-state index contributed by atoms with van der Waals surface area (Å²) in [4.78, 5) is 0. The van der Waals surface area contributed by atoms with Crippen LogP contribution in [0.15, 0.2) is 0 Å². The van der Waals surface area contributed by atoms with Gasteiger partial charge in [0.2, 0.25) is 0 Å². The molecule has 1 rings (SSSR count). The van der Waals surface area contributed by atoms with Gasteiger partial charge in [0, 0.05) is 19.3 Å². The zero-order valence-electron chi connectivity index (χ0n) is 11.4. The van der Waals surface area contributed by atoms with E-state index in [1.54, 1.807) is 0 Å². The molecule has 0 amide bonds. The van der Waals surface area contributed by atoms with Gasteiger partial charge in [0.15, 0.2) is 6.29 Å². The Hall–Kier alpha value is 0.0569. The average Bonchev–Trinajstić information content (AvgIpc) is 3.09. The van der Waals surface area contributed by atoms with Gasteiger partial charge in [0.1, 0.15) is 6.61 Å². The van der Waals surface area contributed by atoms with Crippen molar-refractivity contribution in [2.45, 2.75) is 58.8 Å². The minimum Gasteiger partial charge on any atom is -0.374 e. The maximum Gasteiger partial charge on any atom is 0.502 e. The van der Waals surface area contributed by atoms with Gasteiger partial charge in [0.25, 0.3) is 0 Å². The molecule has 0 aromatic carbocycles. The summed E-state index contributed by atoms with van der Waals surface area (Å²) in [6, 6.07) is 0.911. The standard InChI is InChI=1S/C12H26O4Si/c1-4-7-8-9-10-17(14-5-2,15-6-3)16-12-11-13-12/h12H,4-11H2,1-3H3. The first-order valence-electron chi connectivity index (χ1n) is 6.83. The first kappa shape index (κ1) is 15.1. The summed E-state index contributed by atoms with van der Waals surface area (Å²) in [5.74, 6) is 0. The van der Waals surface area contributed by atoms with Gasteiger partial charge in [0.05, 0.1) is 0 Å². The van der Waals surface area contributed by atoms with E-state index in [4.69, 9.17) is 18.0 Å². The summed E-state index contributed by atoms with van der Waals surface area (Å²) < 4.78 is 22.6. The van der Waals surface area contributed by atoms with E-state index in [9.17, 15) is 0 Å². The van der Waals surface area contributed by atoms with Crippen LogP contribution in [-0.2, 0) is 18.0 Å². The second-order valence-corrected chi connectivity index (χ2v) is 6.92. The van der Waals surface area contributed by atoms with Crippen molar-refractivity contribution in [1.29, 1.82) is 0 Å². The molecule has 102 valence electrons.